The molecule has 0 fully saturated rings. The zero-order valence-electron chi connectivity index (χ0n) is 13.4. The summed E-state index contributed by atoms with van der Waals surface area (Å²) in [5.41, 5.74) is -1.60. The second-order valence-electron chi connectivity index (χ2n) is 5.06. The third-order valence-corrected chi connectivity index (χ3v) is 3.61. The lowest BCUT2D eigenvalue weighted by Crippen LogP contribution is -2.30. The van der Waals surface area contributed by atoms with Crippen molar-refractivity contribution in [2.24, 2.45) is 0 Å². The number of allylic oxidation sites excluding steroid dienone is 3. The molecule has 1 aromatic rings. The fourth-order valence-corrected chi connectivity index (χ4v) is 2.21. The molecule has 0 unspecified atom stereocenters. The van der Waals surface area contributed by atoms with Crippen LogP contribution in [0.1, 0.15) is 6.42 Å². The Hall–Kier alpha value is -2.25. The van der Waals surface area contributed by atoms with Gasteiger partial charge >= 0.3 is 6.18 Å². The van der Waals surface area contributed by atoms with Crippen LogP contribution in [0.15, 0.2) is 59.4 Å². The number of carbonyl (C=O) groups excluding carboxylic acids is 1. The molecule has 0 heterocycles. The number of halogens is 4. The van der Waals surface area contributed by atoms with Crippen molar-refractivity contribution >= 4 is 17.5 Å². The van der Waals surface area contributed by atoms with Gasteiger partial charge in [-0.05, 0) is 42.8 Å². The van der Waals surface area contributed by atoms with Gasteiger partial charge in [0, 0.05) is 12.1 Å². The first-order valence-corrected chi connectivity index (χ1v) is 7.55. The van der Waals surface area contributed by atoms with E-state index in [4.69, 9.17) is 16.3 Å². The molecular weight excluding hydrogens is 359 g/mol. The molecule has 0 aliphatic heterocycles. The van der Waals surface area contributed by atoms with E-state index in [9.17, 15) is 18.0 Å². The molecule has 1 aromatic carbocycles. The Labute approximate surface area is 147 Å². The van der Waals surface area contributed by atoms with Crippen molar-refractivity contribution in [1.29, 1.82) is 0 Å². The van der Waals surface area contributed by atoms with Crippen LogP contribution >= 0.6 is 11.6 Å². The summed E-state index contributed by atoms with van der Waals surface area (Å²) in [6.45, 7) is 0. The Morgan fingerprint density at radius 3 is 2.40 bits per heavy atom. The normalized spacial score (nSPS) is 14.9. The van der Waals surface area contributed by atoms with E-state index in [0.29, 0.717) is 10.8 Å². The number of alkyl halides is 3. The number of hydrogen-bond acceptors (Lipinski definition) is 3. The van der Waals surface area contributed by atoms with E-state index in [0.717, 1.165) is 11.1 Å². The van der Waals surface area contributed by atoms with E-state index in [2.05, 4.69) is 4.84 Å². The Bertz CT molecular complexity index is 737. The van der Waals surface area contributed by atoms with Gasteiger partial charge < -0.3 is 4.74 Å². The van der Waals surface area contributed by atoms with Crippen molar-refractivity contribution in [3.05, 3.63) is 64.4 Å². The number of benzene rings is 1. The molecule has 1 aliphatic rings. The van der Waals surface area contributed by atoms with Crippen LogP contribution in [0.2, 0.25) is 5.02 Å². The number of amides is 1. The van der Waals surface area contributed by atoms with Crippen molar-refractivity contribution in [2.75, 3.05) is 14.2 Å². The lowest BCUT2D eigenvalue weighted by molar-refractivity contribution is -0.164. The third-order valence-electron chi connectivity index (χ3n) is 3.36. The number of hydroxylamine groups is 2. The Morgan fingerprint density at radius 2 is 1.84 bits per heavy atom. The SMILES string of the molecule is CON(C)C(=O)C1=CCC=C(Oc2ccc(Cl)cc2)C=C1C(F)(F)F. The minimum atomic E-state index is -4.73. The molecule has 0 N–H and O–H groups in total. The highest BCUT2D eigenvalue weighted by Crippen LogP contribution is 2.35. The number of hydrogen-bond donors (Lipinski definition) is 0. The molecule has 134 valence electrons. The van der Waals surface area contributed by atoms with Gasteiger partial charge in [-0.1, -0.05) is 17.7 Å². The summed E-state index contributed by atoms with van der Waals surface area (Å²) in [7, 11) is 2.43. The number of ether oxygens (including phenoxy) is 1. The average molecular weight is 374 g/mol. The quantitative estimate of drug-likeness (QED) is 0.732. The molecule has 0 spiro atoms. The van der Waals surface area contributed by atoms with Crippen molar-refractivity contribution in [1.82, 2.24) is 5.06 Å². The zero-order chi connectivity index (χ0) is 18.6. The summed E-state index contributed by atoms with van der Waals surface area (Å²) < 4.78 is 45.8. The van der Waals surface area contributed by atoms with Gasteiger partial charge in [0.1, 0.15) is 11.5 Å². The number of likely N-dealkylation sites (N-methyl/N-ethyl adjacent to an activating group) is 1. The summed E-state index contributed by atoms with van der Waals surface area (Å²) in [5.74, 6) is -0.585. The van der Waals surface area contributed by atoms with E-state index in [-0.39, 0.29) is 12.2 Å². The van der Waals surface area contributed by atoms with Gasteiger partial charge in [0.25, 0.3) is 5.91 Å². The summed E-state index contributed by atoms with van der Waals surface area (Å²) in [6, 6.07) is 6.19. The summed E-state index contributed by atoms with van der Waals surface area (Å²) in [4.78, 5) is 16.8. The van der Waals surface area contributed by atoms with Crippen molar-refractivity contribution < 1.29 is 27.5 Å². The Kier molecular flexibility index (Phi) is 5.92. The minimum absolute atomic E-state index is 0.0197. The maximum atomic E-state index is 13.4. The second kappa shape index (κ2) is 7.76. The van der Waals surface area contributed by atoms with Gasteiger partial charge in [-0.3, -0.25) is 9.63 Å². The largest absolute Gasteiger partial charge is 0.458 e. The van der Waals surface area contributed by atoms with Gasteiger partial charge in [-0.2, -0.15) is 13.2 Å². The van der Waals surface area contributed by atoms with Gasteiger partial charge in [0.05, 0.1) is 18.3 Å². The molecule has 0 aromatic heterocycles. The predicted molar refractivity (Wildman–Crippen MR) is 86.8 cm³/mol. The minimum Gasteiger partial charge on any atom is -0.458 e. The number of carbonyl (C=O) groups is 1. The van der Waals surface area contributed by atoms with Gasteiger partial charge in [-0.15, -0.1) is 0 Å². The monoisotopic (exact) mass is 373 g/mol. The second-order valence-corrected chi connectivity index (χ2v) is 5.49. The summed E-state index contributed by atoms with van der Waals surface area (Å²) in [6.07, 6.45) is -1.20. The molecule has 2 rings (SSSR count). The first kappa shape index (κ1) is 19.1. The molecule has 0 bridgehead atoms. The smallest absolute Gasteiger partial charge is 0.417 e. The molecular formula is C17H15ClF3NO3. The summed E-state index contributed by atoms with van der Waals surface area (Å²) >= 11 is 5.77. The van der Waals surface area contributed by atoms with E-state index < -0.39 is 23.2 Å². The van der Waals surface area contributed by atoms with Crippen LogP contribution in [0, 0.1) is 0 Å². The standard InChI is InChI=1S/C17H15ClF3NO3/c1-22(24-2)16(23)14-5-3-4-13(10-15(14)17(19,20)21)25-12-8-6-11(18)7-9-12/h4-10H,3H2,1-2H3. The predicted octanol–water partition coefficient (Wildman–Crippen LogP) is 4.44. The van der Waals surface area contributed by atoms with Crippen LogP contribution in [0.25, 0.3) is 0 Å². The average Bonchev–Trinajstić information content (AvgIpc) is 2.78. The lowest BCUT2D eigenvalue weighted by atomic mass is 10.0. The number of nitrogens with zero attached hydrogens (tertiary/aromatic N) is 1. The Balaban J connectivity index is 2.35. The molecule has 1 aliphatic carbocycles. The van der Waals surface area contributed by atoms with E-state index in [1.807, 2.05) is 0 Å². The summed E-state index contributed by atoms with van der Waals surface area (Å²) in [5, 5.41) is 1.21. The van der Waals surface area contributed by atoms with Gasteiger partial charge in [0.15, 0.2) is 0 Å². The van der Waals surface area contributed by atoms with E-state index in [1.165, 1.54) is 38.4 Å². The van der Waals surface area contributed by atoms with Gasteiger partial charge in [0.2, 0.25) is 0 Å². The lowest BCUT2D eigenvalue weighted by Gasteiger charge is -2.19. The highest BCUT2D eigenvalue weighted by Gasteiger charge is 2.40. The first-order valence-electron chi connectivity index (χ1n) is 7.17. The fraction of sp³-hybridized carbons (Fsp3) is 0.235. The van der Waals surface area contributed by atoms with E-state index >= 15 is 0 Å². The van der Waals surface area contributed by atoms with Crippen LogP contribution < -0.4 is 4.74 Å². The third kappa shape index (κ3) is 4.87. The highest BCUT2D eigenvalue weighted by molar-refractivity contribution is 6.30. The van der Waals surface area contributed by atoms with Crippen LogP contribution in [-0.4, -0.2) is 31.3 Å². The molecule has 4 nitrogen and oxygen atoms in total. The topological polar surface area (TPSA) is 38.8 Å². The Morgan fingerprint density at radius 1 is 1.20 bits per heavy atom. The molecule has 0 saturated carbocycles. The molecule has 1 amide bonds. The van der Waals surface area contributed by atoms with Gasteiger partial charge in [-0.25, -0.2) is 5.06 Å². The number of rotatable bonds is 4. The molecule has 0 saturated heterocycles. The molecule has 0 atom stereocenters. The van der Waals surface area contributed by atoms with Crippen molar-refractivity contribution in [3.8, 4) is 5.75 Å². The highest BCUT2D eigenvalue weighted by atomic mass is 35.5. The first-order chi connectivity index (χ1) is 11.7. The van der Waals surface area contributed by atoms with E-state index in [1.54, 1.807) is 12.1 Å². The fourth-order valence-electron chi connectivity index (χ4n) is 2.08. The molecule has 25 heavy (non-hydrogen) atoms. The maximum absolute atomic E-state index is 13.4. The molecule has 0 radical (unpaired) electrons. The zero-order valence-corrected chi connectivity index (χ0v) is 14.2. The van der Waals surface area contributed by atoms with Crippen LogP contribution in [0.4, 0.5) is 13.2 Å². The van der Waals surface area contributed by atoms with Crippen LogP contribution in [0.5, 0.6) is 5.75 Å². The van der Waals surface area contributed by atoms with Crippen LogP contribution in [0.3, 0.4) is 0 Å². The van der Waals surface area contributed by atoms with Crippen molar-refractivity contribution in [2.45, 2.75) is 12.6 Å². The maximum Gasteiger partial charge on any atom is 0.417 e. The van der Waals surface area contributed by atoms with Crippen LogP contribution in [-0.2, 0) is 9.63 Å². The van der Waals surface area contributed by atoms with Crippen molar-refractivity contribution in [3.63, 3.8) is 0 Å². The molecule has 8 heteroatoms.